The fourth-order valence-corrected chi connectivity index (χ4v) is 2.26. The lowest BCUT2D eigenvalue weighted by molar-refractivity contribution is 0.0435. The molecule has 2 aromatic carbocycles. The van der Waals surface area contributed by atoms with E-state index < -0.39 is 5.97 Å². The van der Waals surface area contributed by atoms with Gasteiger partial charge >= 0.3 is 5.97 Å². The number of aromatic nitrogens is 2. The minimum Gasteiger partial charge on any atom is -0.507 e. The van der Waals surface area contributed by atoms with Crippen molar-refractivity contribution in [2.24, 2.45) is 0 Å². The molecule has 0 amide bonds. The molecule has 0 saturated heterocycles. The molecule has 0 saturated carbocycles. The molecule has 0 aliphatic rings. The van der Waals surface area contributed by atoms with Gasteiger partial charge in [-0.1, -0.05) is 29.3 Å². The fourth-order valence-electron chi connectivity index (χ4n) is 2.09. The van der Waals surface area contributed by atoms with Crippen LogP contribution in [0.4, 0.5) is 0 Å². The Hall–Kier alpha value is -2.86. The highest BCUT2D eigenvalue weighted by Crippen LogP contribution is 2.23. The fraction of sp³-hybridized carbons (Fsp3) is 0.118. The minimum absolute atomic E-state index is 0.0119. The van der Waals surface area contributed by atoms with Crippen molar-refractivity contribution in [2.75, 3.05) is 0 Å². The van der Waals surface area contributed by atoms with Crippen LogP contribution in [0.25, 0.3) is 11.5 Å². The summed E-state index contributed by atoms with van der Waals surface area (Å²) >= 11 is 5.72. The van der Waals surface area contributed by atoms with Crippen LogP contribution in [0.3, 0.4) is 0 Å². The van der Waals surface area contributed by atoms with Crippen molar-refractivity contribution in [3.05, 3.63) is 64.5 Å². The summed E-state index contributed by atoms with van der Waals surface area (Å²) in [6.45, 7) is 1.76. The number of rotatable bonds is 4. The first kappa shape index (κ1) is 16.0. The van der Waals surface area contributed by atoms with E-state index in [0.717, 1.165) is 11.1 Å². The van der Waals surface area contributed by atoms with Crippen LogP contribution >= 0.6 is 11.6 Å². The predicted molar refractivity (Wildman–Crippen MR) is 86.7 cm³/mol. The summed E-state index contributed by atoms with van der Waals surface area (Å²) in [7, 11) is 0. The van der Waals surface area contributed by atoms with Crippen LogP contribution in [0.5, 0.6) is 5.75 Å². The van der Waals surface area contributed by atoms with Crippen LogP contribution in [-0.2, 0) is 11.3 Å². The maximum atomic E-state index is 12.0. The zero-order valence-electron chi connectivity index (χ0n) is 12.7. The smallest absolute Gasteiger partial charge is 0.342 e. The zero-order valence-corrected chi connectivity index (χ0v) is 13.4. The van der Waals surface area contributed by atoms with Crippen molar-refractivity contribution >= 4 is 17.6 Å². The van der Waals surface area contributed by atoms with Gasteiger partial charge in [-0.05, 0) is 37.3 Å². The molecular weight excluding hydrogens is 332 g/mol. The van der Waals surface area contributed by atoms with E-state index >= 15 is 0 Å². The molecule has 7 heteroatoms. The van der Waals surface area contributed by atoms with Gasteiger partial charge in [0.05, 0.1) is 0 Å². The van der Waals surface area contributed by atoms with Gasteiger partial charge in [0.15, 0.2) is 6.61 Å². The van der Waals surface area contributed by atoms with E-state index in [4.69, 9.17) is 20.8 Å². The van der Waals surface area contributed by atoms with Gasteiger partial charge in [0.1, 0.15) is 11.3 Å². The quantitative estimate of drug-likeness (QED) is 0.725. The van der Waals surface area contributed by atoms with Crippen molar-refractivity contribution in [1.29, 1.82) is 0 Å². The third-order valence-corrected chi connectivity index (χ3v) is 3.47. The lowest BCUT2D eigenvalue weighted by Crippen LogP contribution is -2.05. The maximum Gasteiger partial charge on any atom is 0.342 e. The largest absolute Gasteiger partial charge is 0.507 e. The number of benzene rings is 2. The molecule has 0 bridgehead atoms. The molecule has 0 fully saturated rings. The van der Waals surface area contributed by atoms with E-state index in [0.29, 0.717) is 10.9 Å². The van der Waals surface area contributed by atoms with Crippen LogP contribution in [0.15, 0.2) is 46.9 Å². The number of esters is 1. The number of phenolic OH excluding ortho intramolecular Hbond substituents is 1. The first-order valence-electron chi connectivity index (χ1n) is 7.08. The molecule has 6 nitrogen and oxygen atoms in total. The molecule has 0 radical (unpaired) electrons. The standard InChI is InChI=1S/C17H13ClN2O4/c1-10-3-2-4-11(7-10)16-20-19-15(24-16)9-23-17(22)13-6-5-12(18)8-14(13)21/h2-8,21H,9H2,1H3. The average Bonchev–Trinajstić information content (AvgIpc) is 3.01. The van der Waals surface area contributed by atoms with Crippen molar-refractivity contribution in [1.82, 2.24) is 10.2 Å². The SMILES string of the molecule is Cc1cccc(-c2nnc(COC(=O)c3ccc(Cl)cc3O)o2)c1. The number of carbonyl (C=O) groups is 1. The first-order chi connectivity index (χ1) is 11.5. The molecule has 1 N–H and O–H groups in total. The second-order valence-electron chi connectivity index (χ2n) is 5.11. The minimum atomic E-state index is -0.709. The monoisotopic (exact) mass is 344 g/mol. The van der Waals surface area contributed by atoms with Crippen molar-refractivity contribution < 1.29 is 19.1 Å². The zero-order chi connectivity index (χ0) is 17.1. The van der Waals surface area contributed by atoms with E-state index in [2.05, 4.69) is 10.2 Å². The average molecular weight is 345 g/mol. The summed E-state index contributed by atoms with van der Waals surface area (Å²) < 4.78 is 10.5. The number of ether oxygens (including phenoxy) is 1. The van der Waals surface area contributed by atoms with Gasteiger partial charge in [0.25, 0.3) is 5.89 Å². The van der Waals surface area contributed by atoms with Crippen molar-refractivity contribution in [3.8, 4) is 17.2 Å². The molecule has 1 aromatic heterocycles. The molecular formula is C17H13ClN2O4. The lowest BCUT2D eigenvalue weighted by Gasteiger charge is -2.04. The normalized spacial score (nSPS) is 10.6. The highest BCUT2D eigenvalue weighted by Gasteiger charge is 2.15. The Kier molecular flexibility index (Phi) is 4.48. The van der Waals surface area contributed by atoms with Gasteiger partial charge < -0.3 is 14.3 Å². The second kappa shape index (κ2) is 6.72. The highest BCUT2D eigenvalue weighted by atomic mass is 35.5. The molecule has 1 heterocycles. The van der Waals surface area contributed by atoms with Crippen LogP contribution in [0.2, 0.25) is 5.02 Å². The number of aromatic hydroxyl groups is 1. The number of aryl methyl sites for hydroxylation is 1. The Morgan fingerprint density at radius 2 is 2.08 bits per heavy atom. The summed E-state index contributed by atoms with van der Waals surface area (Å²) in [6, 6.07) is 11.7. The lowest BCUT2D eigenvalue weighted by atomic mass is 10.1. The molecule has 122 valence electrons. The van der Waals surface area contributed by atoms with E-state index in [9.17, 15) is 9.90 Å². The number of carbonyl (C=O) groups excluding carboxylic acids is 1. The Morgan fingerprint density at radius 3 is 2.83 bits per heavy atom. The van der Waals surface area contributed by atoms with E-state index in [1.54, 1.807) is 0 Å². The van der Waals surface area contributed by atoms with Crippen LogP contribution in [-0.4, -0.2) is 21.3 Å². The molecule has 0 unspecified atom stereocenters. The van der Waals surface area contributed by atoms with Gasteiger partial charge in [0.2, 0.25) is 5.89 Å². The highest BCUT2D eigenvalue weighted by molar-refractivity contribution is 6.30. The molecule has 3 rings (SSSR count). The van der Waals surface area contributed by atoms with Gasteiger partial charge in [-0.3, -0.25) is 0 Å². The molecule has 0 aliphatic carbocycles. The van der Waals surface area contributed by atoms with Crippen molar-refractivity contribution in [3.63, 3.8) is 0 Å². The van der Waals surface area contributed by atoms with E-state index in [1.807, 2.05) is 31.2 Å². The van der Waals surface area contributed by atoms with Crippen LogP contribution < -0.4 is 0 Å². The Balaban J connectivity index is 1.68. The van der Waals surface area contributed by atoms with E-state index in [1.165, 1.54) is 18.2 Å². The number of hydrogen-bond acceptors (Lipinski definition) is 6. The number of nitrogens with zero attached hydrogens (tertiary/aromatic N) is 2. The summed E-state index contributed by atoms with van der Waals surface area (Å²) in [6.07, 6.45) is 0. The molecule has 3 aromatic rings. The Morgan fingerprint density at radius 1 is 1.25 bits per heavy atom. The van der Waals surface area contributed by atoms with E-state index in [-0.39, 0.29) is 23.8 Å². The molecule has 0 aliphatic heterocycles. The van der Waals surface area contributed by atoms with Gasteiger partial charge in [-0.2, -0.15) is 0 Å². The van der Waals surface area contributed by atoms with Gasteiger partial charge in [0, 0.05) is 10.6 Å². The topological polar surface area (TPSA) is 85.5 Å². The summed E-state index contributed by atoms with van der Waals surface area (Å²) in [5.41, 5.74) is 1.87. The van der Waals surface area contributed by atoms with Gasteiger partial charge in [-0.25, -0.2) is 4.79 Å². The Bertz CT molecular complexity index is 892. The number of phenols is 1. The first-order valence-corrected chi connectivity index (χ1v) is 7.46. The van der Waals surface area contributed by atoms with Crippen molar-refractivity contribution in [2.45, 2.75) is 13.5 Å². The third kappa shape index (κ3) is 3.55. The van der Waals surface area contributed by atoms with Crippen LogP contribution in [0.1, 0.15) is 21.8 Å². The summed E-state index contributed by atoms with van der Waals surface area (Å²) in [5, 5.41) is 17.8. The summed E-state index contributed by atoms with van der Waals surface area (Å²) in [5.74, 6) is -0.453. The molecule has 24 heavy (non-hydrogen) atoms. The number of hydrogen-bond donors (Lipinski definition) is 1. The maximum absolute atomic E-state index is 12.0. The van der Waals surface area contributed by atoms with Gasteiger partial charge in [-0.15, -0.1) is 10.2 Å². The molecule has 0 atom stereocenters. The Labute approximate surface area is 142 Å². The summed E-state index contributed by atoms with van der Waals surface area (Å²) in [4.78, 5) is 12.0. The second-order valence-corrected chi connectivity index (χ2v) is 5.54. The predicted octanol–water partition coefficient (Wildman–Crippen LogP) is 3.76. The molecule has 0 spiro atoms. The number of halogens is 1. The third-order valence-electron chi connectivity index (χ3n) is 3.24. The van der Waals surface area contributed by atoms with Crippen LogP contribution in [0, 0.1) is 6.92 Å².